The minimum atomic E-state index is -1.06. The maximum Gasteiger partial charge on any atom is 0.337 e. The molecule has 2 N–H and O–H groups in total. The summed E-state index contributed by atoms with van der Waals surface area (Å²) in [4.78, 5) is 25.1. The molecule has 1 unspecified atom stereocenters. The molecule has 5 nitrogen and oxygen atoms in total. The fourth-order valence-corrected chi connectivity index (χ4v) is 3.72. The van der Waals surface area contributed by atoms with Crippen LogP contribution >= 0.6 is 0 Å². The Morgan fingerprint density at radius 3 is 2.27 bits per heavy atom. The minimum absolute atomic E-state index is 0.0934. The Balaban J connectivity index is 1.89. The van der Waals surface area contributed by atoms with E-state index >= 15 is 0 Å². The molecule has 2 aromatic rings. The number of carboxylic acid groups (broad SMARTS) is 1. The first-order valence-electron chi connectivity index (χ1n) is 9.76. The SMILES string of the molecule is CC1=C(C(=O)O)C(c2ccccc2C)C(C(=O)OCC=Cc2ccccc2)=C(C)N1. The number of aliphatic carboxylic acids is 1. The molecule has 0 saturated heterocycles. The number of hydrogen-bond acceptors (Lipinski definition) is 4. The molecule has 30 heavy (non-hydrogen) atoms. The first-order chi connectivity index (χ1) is 14.4. The number of benzene rings is 2. The molecule has 0 amide bonds. The van der Waals surface area contributed by atoms with Crippen molar-refractivity contribution in [2.75, 3.05) is 6.61 Å². The molecule has 0 aliphatic carbocycles. The van der Waals surface area contributed by atoms with Crippen LogP contribution in [-0.2, 0) is 14.3 Å². The number of ether oxygens (including phenoxy) is 1. The van der Waals surface area contributed by atoms with Crippen LogP contribution in [-0.4, -0.2) is 23.7 Å². The molecular weight excluding hydrogens is 378 g/mol. The summed E-state index contributed by atoms with van der Waals surface area (Å²) in [5.74, 6) is -2.29. The van der Waals surface area contributed by atoms with Gasteiger partial charge in [-0.05, 0) is 43.5 Å². The van der Waals surface area contributed by atoms with Gasteiger partial charge in [0.1, 0.15) is 6.61 Å². The average Bonchev–Trinajstić information content (AvgIpc) is 2.71. The molecule has 0 radical (unpaired) electrons. The third kappa shape index (κ3) is 4.51. The normalized spacial score (nSPS) is 16.6. The van der Waals surface area contributed by atoms with Crippen molar-refractivity contribution >= 4 is 18.0 Å². The van der Waals surface area contributed by atoms with Gasteiger partial charge in [-0.2, -0.15) is 0 Å². The lowest BCUT2D eigenvalue weighted by molar-refractivity contribution is -0.138. The Hall–Kier alpha value is -3.60. The number of carboxylic acids is 1. The molecule has 0 spiro atoms. The van der Waals surface area contributed by atoms with Crippen molar-refractivity contribution < 1.29 is 19.4 Å². The Morgan fingerprint density at radius 1 is 0.967 bits per heavy atom. The summed E-state index contributed by atoms with van der Waals surface area (Å²) < 4.78 is 5.49. The molecule has 3 rings (SSSR count). The number of rotatable bonds is 6. The summed E-state index contributed by atoms with van der Waals surface area (Å²) in [7, 11) is 0. The van der Waals surface area contributed by atoms with Crippen LogP contribution in [0.4, 0.5) is 0 Å². The third-order valence-electron chi connectivity index (χ3n) is 5.13. The topological polar surface area (TPSA) is 75.6 Å². The molecule has 1 heterocycles. The number of carbonyl (C=O) groups is 2. The van der Waals surface area contributed by atoms with Gasteiger partial charge in [0.05, 0.1) is 17.1 Å². The molecule has 1 aliphatic heterocycles. The van der Waals surface area contributed by atoms with Crippen molar-refractivity contribution in [3.8, 4) is 0 Å². The Kier molecular flexibility index (Phi) is 6.52. The van der Waals surface area contributed by atoms with Crippen molar-refractivity contribution in [2.24, 2.45) is 0 Å². The molecule has 154 valence electrons. The molecule has 2 aromatic carbocycles. The molecule has 0 aromatic heterocycles. The number of allylic oxidation sites excluding steroid dienone is 2. The maximum atomic E-state index is 13.0. The van der Waals surface area contributed by atoms with E-state index in [4.69, 9.17) is 4.74 Å². The van der Waals surface area contributed by atoms with E-state index in [2.05, 4.69) is 5.32 Å². The van der Waals surface area contributed by atoms with Gasteiger partial charge in [0, 0.05) is 11.4 Å². The van der Waals surface area contributed by atoms with Crippen LogP contribution in [0.1, 0.15) is 36.5 Å². The van der Waals surface area contributed by atoms with Crippen molar-refractivity contribution in [3.05, 3.63) is 99.9 Å². The predicted molar refractivity (Wildman–Crippen MR) is 117 cm³/mol. The van der Waals surface area contributed by atoms with Crippen LogP contribution in [0.25, 0.3) is 6.08 Å². The molecular formula is C25H25NO4. The number of hydrogen-bond donors (Lipinski definition) is 2. The second kappa shape index (κ2) is 9.27. The van der Waals surface area contributed by atoms with Crippen LogP contribution in [0.15, 0.2) is 83.2 Å². The van der Waals surface area contributed by atoms with E-state index < -0.39 is 17.9 Å². The highest BCUT2D eigenvalue weighted by Gasteiger charge is 2.37. The van der Waals surface area contributed by atoms with Crippen LogP contribution in [0.2, 0.25) is 0 Å². The second-order valence-corrected chi connectivity index (χ2v) is 7.21. The van der Waals surface area contributed by atoms with Gasteiger partial charge < -0.3 is 15.2 Å². The van der Waals surface area contributed by atoms with Gasteiger partial charge >= 0.3 is 11.9 Å². The van der Waals surface area contributed by atoms with Gasteiger partial charge in [0.15, 0.2) is 0 Å². The lowest BCUT2D eigenvalue weighted by Gasteiger charge is -2.30. The number of aryl methyl sites for hydroxylation is 1. The molecule has 0 saturated carbocycles. The van der Waals surface area contributed by atoms with Crippen LogP contribution in [0, 0.1) is 6.92 Å². The molecule has 5 heteroatoms. The van der Waals surface area contributed by atoms with E-state index in [0.29, 0.717) is 17.0 Å². The smallest absolute Gasteiger partial charge is 0.337 e. The highest BCUT2D eigenvalue weighted by molar-refractivity contribution is 5.99. The minimum Gasteiger partial charge on any atom is -0.478 e. The third-order valence-corrected chi connectivity index (χ3v) is 5.13. The quantitative estimate of drug-likeness (QED) is 0.691. The van der Waals surface area contributed by atoms with E-state index in [1.165, 1.54) is 0 Å². The van der Waals surface area contributed by atoms with Gasteiger partial charge in [-0.1, -0.05) is 60.7 Å². The van der Waals surface area contributed by atoms with Crippen LogP contribution in [0.3, 0.4) is 0 Å². The molecule has 0 fully saturated rings. The van der Waals surface area contributed by atoms with Gasteiger partial charge in [0.25, 0.3) is 0 Å². The summed E-state index contributed by atoms with van der Waals surface area (Å²) in [5, 5.41) is 12.9. The van der Waals surface area contributed by atoms with E-state index in [1.807, 2.05) is 67.6 Å². The number of carbonyl (C=O) groups excluding carboxylic acids is 1. The number of nitrogens with one attached hydrogen (secondary N) is 1. The van der Waals surface area contributed by atoms with E-state index in [0.717, 1.165) is 16.7 Å². The summed E-state index contributed by atoms with van der Waals surface area (Å²) in [6.07, 6.45) is 3.64. The number of dihydropyridines is 1. The molecule has 1 atom stereocenters. The summed E-state index contributed by atoms with van der Waals surface area (Å²) in [6, 6.07) is 17.2. The lowest BCUT2D eigenvalue weighted by Crippen LogP contribution is -2.32. The first-order valence-corrected chi connectivity index (χ1v) is 9.76. The van der Waals surface area contributed by atoms with Gasteiger partial charge in [-0.25, -0.2) is 9.59 Å². The Morgan fingerprint density at radius 2 is 1.60 bits per heavy atom. The van der Waals surface area contributed by atoms with Crippen LogP contribution in [0.5, 0.6) is 0 Å². The Labute approximate surface area is 176 Å². The maximum absolute atomic E-state index is 13.0. The summed E-state index contributed by atoms with van der Waals surface area (Å²) in [6.45, 7) is 5.48. The van der Waals surface area contributed by atoms with E-state index in [-0.39, 0.29) is 12.2 Å². The largest absolute Gasteiger partial charge is 0.478 e. The van der Waals surface area contributed by atoms with Crippen LogP contribution < -0.4 is 5.32 Å². The summed E-state index contributed by atoms with van der Waals surface area (Å²) in [5.41, 5.74) is 4.30. The fraction of sp³-hybridized carbons (Fsp3) is 0.200. The van der Waals surface area contributed by atoms with Crippen molar-refractivity contribution in [3.63, 3.8) is 0 Å². The summed E-state index contributed by atoms with van der Waals surface area (Å²) >= 11 is 0. The zero-order valence-electron chi connectivity index (χ0n) is 17.3. The average molecular weight is 403 g/mol. The second-order valence-electron chi connectivity index (χ2n) is 7.21. The predicted octanol–water partition coefficient (Wildman–Crippen LogP) is 4.57. The zero-order valence-corrected chi connectivity index (χ0v) is 17.3. The van der Waals surface area contributed by atoms with Gasteiger partial charge in [-0.3, -0.25) is 0 Å². The monoisotopic (exact) mass is 403 g/mol. The van der Waals surface area contributed by atoms with E-state index in [1.54, 1.807) is 19.9 Å². The van der Waals surface area contributed by atoms with E-state index in [9.17, 15) is 14.7 Å². The lowest BCUT2D eigenvalue weighted by atomic mass is 9.79. The highest BCUT2D eigenvalue weighted by atomic mass is 16.5. The van der Waals surface area contributed by atoms with Crippen molar-refractivity contribution in [1.82, 2.24) is 5.32 Å². The highest BCUT2D eigenvalue weighted by Crippen LogP contribution is 2.39. The number of esters is 1. The molecule has 1 aliphatic rings. The van der Waals surface area contributed by atoms with Gasteiger partial charge in [-0.15, -0.1) is 0 Å². The van der Waals surface area contributed by atoms with Crippen molar-refractivity contribution in [1.29, 1.82) is 0 Å². The standard InChI is InChI=1S/C25H25NO4/c1-16-10-7-8-14-20(16)23-21(24(27)28)17(2)26-18(3)22(23)25(29)30-15-9-13-19-11-5-4-6-12-19/h4-14,23,26H,15H2,1-3H3,(H,27,28). The zero-order chi connectivity index (χ0) is 21.7. The first kappa shape index (κ1) is 21.1. The van der Waals surface area contributed by atoms with Gasteiger partial charge in [0.2, 0.25) is 0 Å². The molecule has 0 bridgehead atoms. The fourth-order valence-electron chi connectivity index (χ4n) is 3.72. The van der Waals surface area contributed by atoms with Crippen molar-refractivity contribution in [2.45, 2.75) is 26.7 Å². The Bertz CT molecular complexity index is 1050.